The van der Waals surface area contributed by atoms with E-state index in [-0.39, 0.29) is 5.91 Å². The minimum absolute atomic E-state index is 0.0337. The molecule has 0 bridgehead atoms. The Hall–Kier alpha value is -2.49. The second kappa shape index (κ2) is 7.18. The van der Waals surface area contributed by atoms with Gasteiger partial charge >= 0.3 is 0 Å². The number of hydrogen-bond donors (Lipinski definition) is 1. The molecule has 23 heavy (non-hydrogen) atoms. The molecular weight excluding hydrogens is 290 g/mol. The van der Waals surface area contributed by atoms with Gasteiger partial charge in [-0.3, -0.25) is 4.79 Å². The average Bonchev–Trinajstić information content (AvgIpc) is 2.59. The van der Waals surface area contributed by atoms with Gasteiger partial charge in [0.25, 0.3) is 0 Å². The molecule has 1 N–H and O–H groups in total. The van der Waals surface area contributed by atoms with Gasteiger partial charge in [-0.05, 0) is 37.6 Å². The van der Waals surface area contributed by atoms with Gasteiger partial charge in [0.05, 0.1) is 19.6 Å². The number of nitrogens with one attached hydrogen (secondary N) is 1. The number of methoxy groups -OCH3 is 2. The number of carbonyl (C=O) groups is 1. The van der Waals surface area contributed by atoms with E-state index in [0.29, 0.717) is 6.54 Å². The molecule has 122 valence electrons. The first-order valence-corrected chi connectivity index (χ1v) is 7.53. The minimum Gasteiger partial charge on any atom is -0.497 e. The highest BCUT2D eigenvalue weighted by Gasteiger charge is 2.29. The molecule has 0 aliphatic heterocycles. The maximum Gasteiger partial charge on any atom is 0.230 e. The second-order valence-electron chi connectivity index (χ2n) is 5.85. The Morgan fingerprint density at radius 3 is 2.26 bits per heavy atom. The lowest BCUT2D eigenvalue weighted by atomic mass is 9.83. The van der Waals surface area contributed by atoms with Crippen LogP contribution in [0.4, 0.5) is 0 Å². The summed E-state index contributed by atoms with van der Waals surface area (Å²) >= 11 is 0. The Bertz CT molecular complexity index is 663. The lowest BCUT2D eigenvalue weighted by Crippen LogP contribution is -2.39. The predicted molar refractivity (Wildman–Crippen MR) is 90.9 cm³/mol. The molecule has 0 heterocycles. The lowest BCUT2D eigenvalue weighted by molar-refractivity contribution is -0.125. The van der Waals surface area contributed by atoms with Crippen molar-refractivity contribution in [1.82, 2.24) is 5.32 Å². The maximum atomic E-state index is 12.6. The van der Waals surface area contributed by atoms with Crippen LogP contribution >= 0.6 is 0 Å². The van der Waals surface area contributed by atoms with E-state index in [9.17, 15) is 4.79 Å². The Labute approximate surface area is 137 Å². The van der Waals surface area contributed by atoms with Gasteiger partial charge in [0.15, 0.2) is 0 Å². The average molecular weight is 313 g/mol. The van der Waals surface area contributed by atoms with Crippen LogP contribution in [0, 0.1) is 0 Å². The number of benzene rings is 2. The number of ether oxygens (including phenoxy) is 2. The van der Waals surface area contributed by atoms with E-state index in [1.165, 1.54) is 0 Å². The zero-order valence-corrected chi connectivity index (χ0v) is 14.1. The maximum absolute atomic E-state index is 12.6. The SMILES string of the molecule is COc1ccc(C(C)(C)C(=O)NCc2ccccc2OC)cc1. The first kappa shape index (κ1) is 16.9. The van der Waals surface area contributed by atoms with E-state index in [4.69, 9.17) is 9.47 Å². The molecule has 0 spiro atoms. The highest BCUT2D eigenvalue weighted by molar-refractivity contribution is 5.87. The summed E-state index contributed by atoms with van der Waals surface area (Å²) in [6.45, 7) is 4.25. The first-order valence-electron chi connectivity index (χ1n) is 7.53. The highest BCUT2D eigenvalue weighted by atomic mass is 16.5. The van der Waals surface area contributed by atoms with Crippen LogP contribution < -0.4 is 14.8 Å². The van der Waals surface area contributed by atoms with Crippen LogP contribution in [0.1, 0.15) is 25.0 Å². The largest absolute Gasteiger partial charge is 0.497 e. The number of rotatable bonds is 6. The fourth-order valence-electron chi connectivity index (χ4n) is 2.38. The van der Waals surface area contributed by atoms with E-state index in [0.717, 1.165) is 22.6 Å². The molecular formula is C19H23NO3. The van der Waals surface area contributed by atoms with Crippen LogP contribution in [0.2, 0.25) is 0 Å². The molecule has 0 atom stereocenters. The summed E-state index contributed by atoms with van der Waals surface area (Å²) in [6.07, 6.45) is 0. The number of amides is 1. The van der Waals surface area contributed by atoms with Crippen molar-refractivity contribution in [1.29, 1.82) is 0 Å². The molecule has 0 aliphatic rings. The van der Waals surface area contributed by atoms with Gasteiger partial charge < -0.3 is 14.8 Å². The molecule has 0 radical (unpaired) electrons. The van der Waals surface area contributed by atoms with Crippen LogP contribution in [0.15, 0.2) is 48.5 Å². The van der Waals surface area contributed by atoms with Gasteiger partial charge in [0, 0.05) is 12.1 Å². The van der Waals surface area contributed by atoms with E-state index in [1.807, 2.05) is 62.4 Å². The third-order valence-corrected chi connectivity index (χ3v) is 4.01. The van der Waals surface area contributed by atoms with E-state index >= 15 is 0 Å². The summed E-state index contributed by atoms with van der Waals surface area (Å²) in [5, 5.41) is 2.99. The van der Waals surface area contributed by atoms with Gasteiger partial charge in [0.1, 0.15) is 11.5 Å². The molecule has 1 amide bonds. The van der Waals surface area contributed by atoms with E-state index in [1.54, 1.807) is 14.2 Å². The zero-order chi connectivity index (χ0) is 16.9. The van der Waals surface area contributed by atoms with Crippen molar-refractivity contribution in [3.8, 4) is 11.5 Å². The lowest BCUT2D eigenvalue weighted by Gasteiger charge is -2.24. The van der Waals surface area contributed by atoms with Gasteiger partial charge in [-0.2, -0.15) is 0 Å². The first-order chi connectivity index (χ1) is 11.0. The van der Waals surface area contributed by atoms with Crippen molar-refractivity contribution < 1.29 is 14.3 Å². The minimum atomic E-state index is -0.631. The number of hydrogen-bond acceptors (Lipinski definition) is 3. The molecule has 2 aromatic carbocycles. The van der Waals surface area contributed by atoms with Crippen LogP contribution in [0.25, 0.3) is 0 Å². The summed E-state index contributed by atoms with van der Waals surface area (Å²) in [4.78, 5) is 12.6. The third-order valence-electron chi connectivity index (χ3n) is 4.01. The Balaban J connectivity index is 2.08. The van der Waals surface area contributed by atoms with Crippen LogP contribution in [-0.4, -0.2) is 20.1 Å². The predicted octanol–water partition coefficient (Wildman–Crippen LogP) is 3.30. The fourth-order valence-corrected chi connectivity index (χ4v) is 2.38. The van der Waals surface area contributed by atoms with Crippen LogP contribution in [0.5, 0.6) is 11.5 Å². The Kier molecular flexibility index (Phi) is 5.27. The Morgan fingerprint density at radius 1 is 1.00 bits per heavy atom. The molecule has 0 aromatic heterocycles. The fraction of sp³-hybridized carbons (Fsp3) is 0.316. The molecule has 4 nitrogen and oxygen atoms in total. The van der Waals surface area contributed by atoms with Gasteiger partial charge in [-0.15, -0.1) is 0 Å². The molecule has 0 unspecified atom stereocenters. The molecule has 0 fully saturated rings. The van der Waals surface area contributed by atoms with E-state index in [2.05, 4.69) is 5.32 Å². The van der Waals surface area contributed by atoms with Crippen molar-refractivity contribution in [3.63, 3.8) is 0 Å². The summed E-state index contributed by atoms with van der Waals surface area (Å²) in [5.74, 6) is 1.52. The third kappa shape index (κ3) is 3.83. The Morgan fingerprint density at radius 2 is 1.65 bits per heavy atom. The molecule has 0 aliphatic carbocycles. The van der Waals surface area contributed by atoms with Crippen molar-refractivity contribution >= 4 is 5.91 Å². The molecule has 0 saturated heterocycles. The van der Waals surface area contributed by atoms with E-state index < -0.39 is 5.41 Å². The van der Waals surface area contributed by atoms with Gasteiger partial charge in [-0.1, -0.05) is 30.3 Å². The molecule has 0 saturated carbocycles. The van der Waals surface area contributed by atoms with Gasteiger partial charge in [0.2, 0.25) is 5.91 Å². The van der Waals surface area contributed by atoms with Crippen LogP contribution in [-0.2, 0) is 16.8 Å². The topological polar surface area (TPSA) is 47.6 Å². The van der Waals surface area contributed by atoms with Gasteiger partial charge in [-0.25, -0.2) is 0 Å². The van der Waals surface area contributed by atoms with Crippen molar-refractivity contribution in [3.05, 3.63) is 59.7 Å². The second-order valence-corrected chi connectivity index (χ2v) is 5.85. The molecule has 2 rings (SSSR count). The normalized spacial score (nSPS) is 11.0. The van der Waals surface area contributed by atoms with Crippen molar-refractivity contribution in [2.45, 2.75) is 25.8 Å². The summed E-state index contributed by atoms with van der Waals surface area (Å²) in [5.41, 5.74) is 1.26. The standard InChI is InChI=1S/C19H23NO3/c1-19(2,15-9-11-16(22-3)12-10-15)18(21)20-13-14-7-5-6-8-17(14)23-4/h5-12H,13H2,1-4H3,(H,20,21). The molecule has 2 aromatic rings. The van der Waals surface area contributed by atoms with Crippen molar-refractivity contribution in [2.24, 2.45) is 0 Å². The zero-order valence-electron chi connectivity index (χ0n) is 14.1. The number of para-hydroxylation sites is 1. The smallest absolute Gasteiger partial charge is 0.230 e. The molecule has 4 heteroatoms. The monoisotopic (exact) mass is 313 g/mol. The summed E-state index contributed by atoms with van der Waals surface area (Å²) in [7, 11) is 3.25. The van der Waals surface area contributed by atoms with Crippen LogP contribution in [0.3, 0.4) is 0 Å². The number of carbonyl (C=O) groups excluding carboxylic acids is 1. The van der Waals surface area contributed by atoms with Crippen molar-refractivity contribution in [2.75, 3.05) is 14.2 Å². The summed E-state index contributed by atoms with van der Waals surface area (Å²) in [6, 6.07) is 15.2. The quantitative estimate of drug-likeness (QED) is 0.890. The highest BCUT2D eigenvalue weighted by Crippen LogP contribution is 2.26. The summed E-state index contributed by atoms with van der Waals surface area (Å²) < 4.78 is 10.5.